The van der Waals surface area contributed by atoms with Crippen molar-refractivity contribution in [2.45, 2.75) is 20.3 Å². The number of carbonyl (C=O) groups excluding carboxylic acids is 1. The first-order valence-corrected chi connectivity index (χ1v) is 7.19. The van der Waals surface area contributed by atoms with Gasteiger partial charge in [-0.15, -0.1) is 0 Å². The zero-order valence-corrected chi connectivity index (χ0v) is 12.6. The fourth-order valence-electron chi connectivity index (χ4n) is 2.81. The van der Waals surface area contributed by atoms with Gasteiger partial charge in [0.25, 0.3) is 0 Å². The summed E-state index contributed by atoms with van der Waals surface area (Å²) in [4.78, 5) is 12.5. The molecule has 0 radical (unpaired) electrons. The van der Waals surface area contributed by atoms with E-state index in [9.17, 15) is 4.79 Å². The van der Waals surface area contributed by atoms with Crippen LogP contribution in [0.1, 0.15) is 17.0 Å². The van der Waals surface area contributed by atoms with E-state index in [0.717, 1.165) is 29.2 Å². The molecule has 0 saturated heterocycles. The van der Waals surface area contributed by atoms with E-state index < -0.39 is 0 Å². The number of nitrogens with zero attached hydrogens (tertiary/aromatic N) is 2. The summed E-state index contributed by atoms with van der Waals surface area (Å²) in [5.41, 5.74) is 5.00. The molecule has 1 aromatic heterocycles. The number of carbonyl (C=O) groups is 1. The van der Waals surface area contributed by atoms with E-state index in [4.69, 9.17) is 0 Å². The van der Waals surface area contributed by atoms with Crippen molar-refractivity contribution in [3.8, 4) is 0 Å². The normalized spacial score (nSPS) is 17.0. The number of hydrogen-bond donors (Lipinski definition) is 2. The molecular formula is C16H20N4O. The Morgan fingerprint density at radius 3 is 2.86 bits per heavy atom. The summed E-state index contributed by atoms with van der Waals surface area (Å²) < 4.78 is 1.79. The number of para-hydroxylation sites is 1. The van der Waals surface area contributed by atoms with Gasteiger partial charge in [0.15, 0.2) is 0 Å². The fourth-order valence-corrected chi connectivity index (χ4v) is 2.81. The Hall–Kier alpha value is -2.30. The lowest BCUT2D eigenvalue weighted by Gasteiger charge is -2.25. The highest BCUT2D eigenvalue weighted by Gasteiger charge is 2.25. The molecule has 1 unspecified atom stereocenters. The van der Waals surface area contributed by atoms with Gasteiger partial charge in [-0.05, 0) is 31.9 Å². The third-order valence-corrected chi connectivity index (χ3v) is 4.15. The molecule has 1 aliphatic rings. The highest BCUT2D eigenvalue weighted by Crippen LogP contribution is 2.26. The van der Waals surface area contributed by atoms with Crippen LogP contribution in [0.2, 0.25) is 0 Å². The van der Waals surface area contributed by atoms with Crippen molar-refractivity contribution < 1.29 is 4.79 Å². The van der Waals surface area contributed by atoms with Crippen molar-refractivity contribution in [2.75, 3.05) is 17.2 Å². The number of amides is 1. The van der Waals surface area contributed by atoms with Crippen LogP contribution >= 0.6 is 0 Å². The maximum atomic E-state index is 12.5. The van der Waals surface area contributed by atoms with E-state index in [-0.39, 0.29) is 11.8 Å². The first-order chi connectivity index (χ1) is 10.1. The molecule has 1 aliphatic heterocycles. The first kappa shape index (κ1) is 13.7. The van der Waals surface area contributed by atoms with Crippen LogP contribution in [0.3, 0.4) is 0 Å². The predicted molar refractivity (Wildman–Crippen MR) is 83.4 cm³/mol. The Morgan fingerprint density at radius 2 is 2.14 bits per heavy atom. The average molecular weight is 284 g/mol. The van der Waals surface area contributed by atoms with Crippen molar-refractivity contribution in [1.82, 2.24) is 9.78 Å². The fraction of sp³-hybridized carbons (Fsp3) is 0.375. The maximum Gasteiger partial charge on any atom is 0.229 e. The summed E-state index contributed by atoms with van der Waals surface area (Å²) in [5, 5.41) is 10.7. The molecule has 1 aromatic carbocycles. The van der Waals surface area contributed by atoms with Crippen molar-refractivity contribution in [3.63, 3.8) is 0 Å². The minimum absolute atomic E-state index is 0.0520. The van der Waals surface area contributed by atoms with Crippen molar-refractivity contribution >= 4 is 17.3 Å². The van der Waals surface area contributed by atoms with Gasteiger partial charge in [0.2, 0.25) is 5.91 Å². The SMILES string of the molecule is Cc1nn(C)c(C)c1NC(=O)C1CNc2ccccc2C1. The number of fused-ring (bicyclic) bond motifs is 1. The Morgan fingerprint density at radius 1 is 1.38 bits per heavy atom. The summed E-state index contributed by atoms with van der Waals surface area (Å²) in [6.45, 7) is 4.54. The van der Waals surface area contributed by atoms with Gasteiger partial charge in [-0.25, -0.2) is 0 Å². The van der Waals surface area contributed by atoms with Gasteiger partial charge in [0, 0.05) is 19.3 Å². The number of hydrogen-bond acceptors (Lipinski definition) is 3. The van der Waals surface area contributed by atoms with E-state index in [2.05, 4.69) is 27.9 Å². The van der Waals surface area contributed by atoms with Crippen LogP contribution in [0.5, 0.6) is 0 Å². The van der Waals surface area contributed by atoms with Crippen molar-refractivity contribution in [3.05, 3.63) is 41.2 Å². The zero-order chi connectivity index (χ0) is 15.0. The van der Waals surface area contributed by atoms with Gasteiger partial charge in [-0.3, -0.25) is 9.48 Å². The minimum atomic E-state index is -0.0566. The second-order valence-corrected chi connectivity index (χ2v) is 5.60. The van der Waals surface area contributed by atoms with E-state index in [0.29, 0.717) is 6.54 Å². The molecule has 0 fully saturated rings. The van der Waals surface area contributed by atoms with Crippen LogP contribution in [0.15, 0.2) is 24.3 Å². The second-order valence-electron chi connectivity index (χ2n) is 5.60. The van der Waals surface area contributed by atoms with Crippen molar-refractivity contribution in [1.29, 1.82) is 0 Å². The Balaban J connectivity index is 1.75. The lowest BCUT2D eigenvalue weighted by atomic mass is 9.93. The second kappa shape index (κ2) is 5.24. The lowest BCUT2D eigenvalue weighted by Crippen LogP contribution is -2.34. The van der Waals surface area contributed by atoms with Crippen LogP contribution in [0.4, 0.5) is 11.4 Å². The van der Waals surface area contributed by atoms with Gasteiger partial charge in [0.05, 0.1) is 23.0 Å². The summed E-state index contributed by atoms with van der Waals surface area (Å²) in [6, 6.07) is 8.14. The highest BCUT2D eigenvalue weighted by molar-refractivity contribution is 5.94. The van der Waals surface area contributed by atoms with Crippen LogP contribution in [-0.4, -0.2) is 22.2 Å². The average Bonchev–Trinajstić information content (AvgIpc) is 2.73. The van der Waals surface area contributed by atoms with Gasteiger partial charge < -0.3 is 10.6 Å². The molecule has 5 heteroatoms. The summed E-state index contributed by atoms with van der Waals surface area (Å²) in [5.74, 6) is -0.00453. The summed E-state index contributed by atoms with van der Waals surface area (Å²) in [6.07, 6.45) is 0.771. The molecule has 5 nitrogen and oxygen atoms in total. The van der Waals surface area contributed by atoms with Crippen molar-refractivity contribution in [2.24, 2.45) is 13.0 Å². The number of rotatable bonds is 2. The molecule has 1 amide bonds. The minimum Gasteiger partial charge on any atom is -0.384 e. The number of benzene rings is 1. The molecule has 110 valence electrons. The molecule has 3 rings (SSSR count). The Labute approximate surface area is 124 Å². The van der Waals surface area contributed by atoms with Gasteiger partial charge in [0.1, 0.15) is 0 Å². The number of aryl methyl sites for hydroxylation is 2. The molecule has 0 bridgehead atoms. The van der Waals surface area contributed by atoms with E-state index in [1.807, 2.05) is 33.0 Å². The molecule has 2 N–H and O–H groups in total. The van der Waals surface area contributed by atoms with E-state index >= 15 is 0 Å². The molecule has 2 heterocycles. The number of aromatic nitrogens is 2. The van der Waals surface area contributed by atoms with Gasteiger partial charge >= 0.3 is 0 Å². The molecular weight excluding hydrogens is 264 g/mol. The smallest absolute Gasteiger partial charge is 0.229 e. The monoisotopic (exact) mass is 284 g/mol. The standard InChI is InChI=1S/C16H20N4O/c1-10-15(11(2)20(3)19-10)18-16(21)13-8-12-6-4-5-7-14(12)17-9-13/h4-7,13,17H,8-9H2,1-3H3,(H,18,21). The van der Waals surface area contributed by atoms with Crippen LogP contribution < -0.4 is 10.6 Å². The molecule has 2 aromatic rings. The third kappa shape index (κ3) is 2.51. The van der Waals surface area contributed by atoms with Crippen LogP contribution in [-0.2, 0) is 18.3 Å². The molecule has 1 atom stereocenters. The Bertz CT molecular complexity index is 690. The van der Waals surface area contributed by atoms with Gasteiger partial charge in [-0.2, -0.15) is 5.10 Å². The van der Waals surface area contributed by atoms with Gasteiger partial charge in [-0.1, -0.05) is 18.2 Å². The molecule has 0 spiro atoms. The lowest BCUT2D eigenvalue weighted by molar-refractivity contribution is -0.119. The number of anilines is 2. The predicted octanol–water partition coefficient (Wildman–Crippen LogP) is 2.26. The number of nitrogens with one attached hydrogen (secondary N) is 2. The van der Waals surface area contributed by atoms with Crippen LogP contribution in [0, 0.1) is 19.8 Å². The first-order valence-electron chi connectivity index (χ1n) is 7.19. The third-order valence-electron chi connectivity index (χ3n) is 4.15. The Kier molecular flexibility index (Phi) is 3.41. The summed E-state index contributed by atoms with van der Waals surface area (Å²) >= 11 is 0. The highest BCUT2D eigenvalue weighted by atomic mass is 16.1. The molecule has 21 heavy (non-hydrogen) atoms. The molecule has 0 aliphatic carbocycles. The topological polar surface area (TPSA) is 59.0 Å². The van der Waals surface area contributed by atoms with Crippen LogP contribution in [0.25, 0.3) is 0 Å². The maximum absolute atomic E-state index is 12.5. The summed E-state index contributed by atoms with van der Waals surface area (Å²) in [7, 11) is 1.89. The molecule has 0 saturated carbocycles. The quantitative estimate of drug-likeness (QED) is 0.889. The zero-order valence-electron chi connectivity index (χ0n) is 12.6. The van der Waals surface area contributed by atoms with E-state index in [1.165, 1.54) is 5.56 Å². The largest absolute Gasteiger partial charge is 0.384 e. The van der Waals surface area contributed by atoms with E-state index in [1.54, 1.807) is 4.68 Å².